The molecule has 2 aromatic carbocycles. The SMILES string of the molecule is CC(=O)c1cc2c(cc1NC(=O)CN1CCC[C@H]1c1ccc(F)cc1)OCO2. The lowest BCUT2D eigenvalue weighted by Gasteiger charge is -2.24. The lowest BCUT2D eigenvalue weighted by atomic mass is 10.0. The van der Waals surface area contributed by atoms with Crippen LogP contribution in [0.4, 0.5) is 10.1 Å². The van der Waals surface area contributed by atoms with E-state index in [1.165, 1.54) is 19.1 Å². The van der Waals surface area contributed by atoms with Gasteiger partial charge in [-0.1, -0.05) is 12.1 Å². The lowest BCUT2D eigenvalue weighted by molar-refractivity contribution is -0.117. The van der Waals surface area contributed by atoms with Crippen LogP contribution in [0.25, 0.3) is 0 Å². The van der Waals surface area contributed by atoms with Gasteiger partial charge in [-0.2, -0.15) is 0 Å². The quantitative estimate of drug-likeness (QED) is 0.799. The molecule has 0 bridgehead atoms. The average Bonchev–Trinajstić information content (AvgIpc) is 3.30. The maximum atomic E-state index is 13.2. The molecule has 6 nitrogen and oxygen atoms in total. The van der Waals surface area contributed by atoms with Crippen LogP contribution >= 0.6 is 0 Å². The molecule has 1 fully saturated rings. The number of ketones is 1. The van der Waals surface area contributed by atoms with Crippen molar-refractivity contribution in [1.29, 1.82) is 0 Å². The molecule has 1 atom stereocenters. The summed E-state index contributed by atoms with van der Waals surface area (Å²) in [4.78, 5) is 26.7. The van der Waals surface area contributed by atoms with Gasteiger partial charge in [0.2, 0.25) is 12.7 Å². The molecule has 2 aliphatic rings. The maximum Gasteiger partial charge on any atom is 0.238 e. The molecule has 2 aliphatic heterocycles. The predicted molar refractivity (Wildman–Crippen MR) is 101 cm³/mol. The van der Waals surface area contributed by atoms with E-state index < -0.39 is 0 Å². The summed E-state index contributed by atoms with van der Waals surface area (Å²) in [6.45, 7) is 2.51. The van der Waals surface area contributed by atoms with Gasteiger partial charge in [0, 0.05) is 17.7 Å². The van der Waals surface area contributed by atoms with Gasteiger partial charge in [-0.3, -0.25) is 14.5 Å². The highest BCUT2D eigenvalue weighted by molar-refractivity contribution is 6.05. The van der Waals surface area contributed by atoms with Crippen LogP contribution in [0.3, 0.4) is 0 Å². The van der Waals surface area contributed by atoms with E-state index in [0.29, 0.717) is 22.7 Å². The largest absolute Gasteiger partial charge is 0.454 e. The maximum absolute atomic E-state index is 13.2. The number of hydrogen-bond acceptors (Lipinski definition) is 5. The van der Waals surface area contributed by atoms with E-state index >= 15 is 0 Å². The topological polar surface area (TPSA) is 67.9 Å². The van der Waals surface area contributed by atoms with Crippen LogP contribution in [-0.4, -0.2) is 36.5 Å². The van der Waals surface area contributed by atoms with Gasteiger partial charge in [0.25, 0.3) is 0 Å². The molecule has 2 heterocycles. The number of carbonyl (C=O) groups is 2. The molecule has 0 radical (unpaired) electrons. The molecule has 0 spiro atoms. The number of rotatable bonds is 5. The molecule has 1 amide bonds. The Kier molecular flexibility index (Phi) is 5.00. The fourth-order valence-corrected chi connectivity index (χ4v) is 3.79. The molecule has 0 unspecified atom stereocenters. The van der Waals surface area contributed by atoms with Crippen molar-refractivity contribution in [1.82, 2.24) is 4.90 Å². The van der Waals surface area contributed by atoms with Gasteiger partial charge in [-0.05, 0) is 50.1 Å². The third-order valence-electron chi connectivity index (χ3n) is 5.13. The first-order valence-corrected chi connectivity index (χ1v) is 9.25. The second-order valence-corrected chi connectivity index (χ2v) is 7.04. The number of nitrogens with one attached hydrogen (secondary N) is 1. The van der Waals surface area contributed by atoms with Crippen molar-refractivity contribution in [2.75, 3.05) is 25.2 Å². The molecule has 1 N–H and O–H groups in total. The second-order valence-electron chi connectivity index (χ2n) is 7.04. The van der Waals surface area contributed by atoms with E-state index in [1.54, 1.807) is 24.3 Å². The van der Waals surface area contributed by atoms with E-state index in [-0.39, 0.29) is 36.9 Å². The van der Waals surface area contributed by atoms with E-state index in [9.17, 15) is 14.0 Å². The number of amides is 1. The molecule has 7 heteroatoms. The Morgan fingerprint density at radius 2 is 1.89 bits per heavy atom. The van der Waals surface area contributed by atoms with Gasteiger partial charge < -0.3 is 14.8 Å². The zero-order valence-corrected chi connectivity index (χ0v) is 15.5. The van der Waals surface area contributed by atoms with E-state index in [4.69, 9.17) is 9.47 Å². The molecule has 146 valence electrons. The number of anilines is 1. The Bertz CT molecular complexity index is 913. The zero-order valence-electron chi connectivity index (χ0n) is 15.5. The minimum atomic E-state index is -0.273. The van der Waals surface area contributed by atoms with Crippen molar-refractivity contribution >= 4 is 17.4 Å². The van der Waals surface area contributed by atoms with Gasteiger partial charge in [0.15, 0.2) is 17.3 Å². The third kappa shape index (κ3) is 3.71. The summed E-state index contributed by atoms with van der Waals surface area (Å²) in [5.41, 5.74) is 1.80. The van der Waals surface area contributed by atoms with Crippen LogP contribution in [0.2, 0.25) is 0 Å². The van der Waals surface area contributed by atoms with Crippen molar-refractivity contribution < 1.29 is 23.5 Å². The molecule has 28 heavy (non-hydrogen) atoms. The molecule has 0 aromatic heterocycles. The van der Waals surface area contributed by atoms with Crippen LogP contribution in [0.5, 0.6) is 11.5 Å². The Morgan fingerprint density at radius 3 is 2.61 bits per heavy atom. The fraction of sp³-hybridized carbons (Fsp3) is 0.333. The summed E-state index contributed by atoms with van der Waals surface area (Å²) >= 11 is 0. The minimum Gasteiger partial charge on any atom is -0.454 e. The molecule has 4 rings (SSSR count). The van der Waals surface area contributed by atoms with Crippen LogP contribution in [0, 0.1) is 5.82 Å². The van der Waals surface area contributed by atoms with E-state index in [0.717, 1.165) is 24.9 Å². The van der Waals surface area contributed by atoms with Gasteiger partial charge in [0.1, 0.15) is 5.82 Å². The first-order valence-electron chi connectivity index (χ1n) is 9.25. The van der Waals surface area contributed by atoms with Crippen molar-refractivity contribution in [3.8, 4) is 11.5 Å². The van der Waals surface area contributed by atoms with E-state index in [2.05, 4.69) is 10.2 Å². The Labute approximate surface area is 162 Å². The Hall–Kier alpha value is -2.93. The Balaban J connectivity index is 1.48. The Morgan fingerprint density at radius 1 is 1.18 bits per heavy atom. The molecule has 0 saturated carbocycles. The summed E-state index contributed by atoms with van der Waals surface area (Å²) < 4.78 is 23.9. The molecular weight excluding hydrogens is 363 g/mol. The van der Waals surface area contributed by atoms with Crippen molar-refractivity contribution in [2.24, 2.45) is 0 Å². The van der Waals surface area contributed by atoms with Crippen molar-refractivity contribution in [3.05, 3.63) is 53.3 Å². The normalized spacial score (nSPS) is 18.3. The zero-order chi connectivity index (χ0) is 19.7. The number of ether oxygens (including phenoxy) is 2. The van der Waals surface area contributed by atoms with Crippen molar-refractivity contribution in [3.63, 3.8) is 0 Å². The van der Waals surface area contributed by atoms with Crippen LogP contribution in [0.1, 0.15) is 41.7 Å². The summed E-state index contributed by atoms with van der Waals surface area (Å²) in [5.74, 6) is 0.352. The number of halogens is 1. The summed E-state index contributed by atoms with van der Waals surface area (Å²) in [7, 11) is 0. The average molecular weight is 384 g/mol. The molecule has 2 aromatic rings. The summed E-state index contributed by atoms with van der Waals surface area (Å²) in [5, 5.41) is 2.83. The fourth-order valence-electron chi connectivity index (χ4n) is 3.79. The highest BCUT2D eigenvalue weighted by Crippen LogP contribution is 2.37. The third-order valence-corrected chi connectivity index (χ3v) is 5.13. The minimum absolute atomic E-state index is 0.0791. The monoisotopic (exact) mass is 384 g/mol. The second kappa shape index (κ2) is 7.59. The van der Waals surface area contributed by atoms with Crippen LogP contribution in [-0.2, 0) is 4.79 Å². The number of fused-ring (bicyclic) bond motifs is 1. The number of nitrogens with zero attached hydrogens (tertiary/aromatic N) is 1. The number of carbonyl (C=O) groups excluding carboxylic acids is 2. The first kappa shape index (κ1) is 18.4. The molecular formula is C21H21FN2O4. The first-order chi connectivity index (χ1) is 13.5. The number of likely N-dealkylation sites (tertiary alicyclic amines) is 1. The van der Waals surface area contributed by atoms with Gasteiger partial charge in [0.05, 0.1) is 12.2 Å². The van der Waals surface area contributed by atoms with Gasteiger partial charge in [-0.15, -0.1) is 0 Å². The van der Waals surface area contributed by atoms with Crippen molar-refractivity contribution in [2.45, 2.75) is 25.8 Å². The summed E-state index contributed by atoms with van der Waals surface area (Å²) in [6, 6.07) is 9.71. The molecule has 0 aliphatic carbocycles. The lowest BCUT2D eigenvalue weighted by Crippen LogP contribution is -2.33. The predicted octanol–water partition coefficient (Wildman–Crippen LogP) is 3.53. The highest BCUT2D eigenvalue weighted by Gasteiger charge is 2.28. The smallest absolute Gasteiger partial charge is 0.238 e. The highest BCUT2D eigenvalue weighted by atomic mass is 19.1. The molecule has 1 saturated heterocycles. The number of benzene rings is 2. The summed E-state index contributed by atoms with van der Waals surface area (Å²) in [6.07, 6.45) is 1.89. The standard InChI is InChI=1S/C21H21FN2O4/c1-13(25)16-9-19-20(28-12-27-19)10-17(16)23-21(26)11-24-8-2-3-18(24)14-4-6-15(22)7-5-14/h4-7,9-10,18H,2-3,8,11-12H2,1H3,(H,23,26)/t18-/m0/s1. The number of hydrogen-bond donors (Lipinski definition) is 1. The van der Waals surface area contributed by atoms with Crippen LogP contribution < -0.4 is 14.8 Å². The van der Waals surface area contributed by atoms with Crippen LogP contribution in [0.15, 0.2) is 36.4 Å². The van der Waals surface area contributed by atoms with Gasteiger partial charge in [-0.25, -0.2) is 4.39 Å². The van der Waals surface area contributed by atoms with Gasteiger partial charge >= 0.3 is 0 Å². The number of Topliss-reactive ketones (excluding diaryl/α,β-unsaturated/α-hetero) is 1. The van der Waals surface area contributed by atoms with E-state index in [1.807, 2.05) is 0 Å².